The standard InChI is InChI=1S/C16H34N4O.HI/c1-5-21-11-7-9-18-15(17)19-13-16(3,4)20-10-6-8-14(2)12-20;/h14H,5-13H2,1-4H3,(H3,17,18,19);1H. The normalized spacial score (nSPS) is 20.5. The molecule has 132 valence electrons. The maximum absolute atomic E-state index is 5.93. The van der Waals surface area contributed by atoms with E-state index in [2.05, 4.69) is 36.0 Å². The summed E-state index contributed by atoms with van der Waals surface area (Å²) in [6.45, 7) is 14.3. The Labute approximate surface area is 153 Å². The number of ether oxygens (including phenoxy) is 1. The Hall–Kier alpha value is -0.0800. The van der Waals surface area contributed by atoms with Crippen LogP contribution >= 0.6 is 24.0 Å². The molecule has 0 aliphatic carbocycles. The first-order valence-electron chi connectivity index (χ1n) is 8.32. The Morgan fingerprint density at radius 3 is 2.82 bits per heavy atom. The van der Waals surface area contributed by atoms with Gasteiger partial charge in [0.05, 0.1) is 6.54 Å². The zero-order chi connectivity index (χ0) is 15.7. The Kier molecular flexibility index (Phi) is 11.4. The molecule has 0 aromatic carbocycles. The smallest absolute Gasteiger partial charge is 0.188 e. The predicted molar refractivity (Wildman–Crippen MR) is 105 cm³/mol. The van der Waals surface area contributed by atoms with Gasteiger partial charge in [0.15, 0.2) is 5.96 Å². The molecular weight excluding hydrogens is 391 g/mol. The summed E-state index contributed by atoms with van der Waals surface area (Å²) in [7, 11) is 0. The fourth-order valence-corrected chi connectivity index (χ4v) is 2.71. The number of rotatable bonds is 8. The Balaban J connectivity index is 0.00000441. The van der Waals surface area contributed by atoms with Gasteiger partial charge in [-0.15, -0.1) is 24.0 Å². The molecule has 0 spiro atoms. The molecule has 5 nitrogen and oxygen atoms in total. The molecule has 1 aliphatic heterocycles. The lowest BCUT2D eigenvalue weighted by Gasteiger charge is -2.42. The van der Waals surface area contributed by atoms with Gasteiger partial charge in [0.2, 0.25) is 0 Å². The van der Waals surface area contributed by atoms with Gasteiger partial charge in [0.25, 0.3) is 0 Å². The number of nitrogens with two attached hydrogens (primary N) is 1. The molecule has 0 bridgehead atoms. The number of hydrogen-bond acceptors (Lipinski definition) is 3. The zero-order valence-corrected chi connectivity index (χ0v) is 17.1. The molecule has 1 saturated heterocycles. The number of guanidine groups is 1. The van der Waals surface area contributed by atoms with Crippen molar-refractivity contribution in [3.63, 3.8) is 0 Å². The van der Waals surface area contributed by atoms with E-state index in [-0.39, 0.29) is 29.5 Å². The average molecular weight is 426 g/mol. The van der Waals surface area contributed by atoms with Crippen LogP contribution < -0.4 is 11.1 Å². The molecule has 0 radical (unpaired) electrons. The first-order valence-corrected chi connectivity index (χ1v) is 8.32. The Bertz CT molecular complexity index is 323. The van der Waals surface area contributed by atoms with Crippen LogP contribution in [0.25, 0.3) is 0 Å². The zero-order valence-electron chi connectivity index (χ0n) is 14.7. The molecule has 0 aromatic heterocycles. The van der Waals surface area contributed by atoms with Gasteiger partial charge >= 0.3 is 0 Å². The van der Waals surface area contributed by atoms with Crippen molar-refractivity contribution < 1.29 is 4.74 Å². The van der Waals surface area contributed by atoms with Crippen molar-refractivity contribution in [3.8, 4) is 0 Å². The summed E-state index contributed by atoms with van der Waals surface area (Å²) in [5.41, 5.74) is 6.01. The SMILES string of the molecule is CCOCCCNC(N)=NCC(C)(C)N1CCCC(C)C1.I. The van der Waals surface area contributed by atoms with E-state index < -0.39 is 0 Å². The van der Waals surface area contributed by atoms with Crippen molar-refractivity contribution in [1.82, 2.24) is 10.2 Å². The molecule has 0 saturated carbocycles. The van der Waals surface area contributed by atoms with Crippen LogP contribution in [0.4, 0.5) is 0 Å². The minimum Gasteiger partial charge on any atom is -0.382 e. The second-order valence-electron chi connectivity index (χ2n) is 6.68. The van der Waals surface area contributed by atoms with Gasteiger partial charge in [-0.1, -0.05) is 6.92 Å². The number of likely N-dealkylation sites (tertiary alicyclic amines) is 1. The van der Waals surface area contributed by atoms with Crippen LogP contribution in [-0.4, -0.2) is 55.8 Å². The van der Waals surface area contributed by atoms with Crippen molar-refractivity contribution in [2.45, 2.75) is 52.5 Å². The van der Waals surface area contributed by atoms with E-state index in [1.807, 2.05) is 6.92 Å². The van der Waals surface area contributed by atoms with Gasteiger partial charge < -0.3 is 15.8 Å². The van der Waals surface area contributed by atoms with Crippen LogP contribution in [-0.2, 0) is 4.74 Å². The lowest BCUT2D eigenvalue weighted by molar-refractivity contribution is 0.0775. The van der Waals surface area contributed by atoms with E-state index in [0.717, 1.165) is 38.6 Å². The molecule has 0 aromatic rings. The number of halogens is 1. The van der Waals surface area contributed by atoms with Crippen LogP contribution in [0, 0.1) is 5.92 Å². The molecule has 1 aliphatic rings. The maximum atomic E-state index is 5.93. The lowest BCUT2D eigenvalue weighted by Crippen LogP contribution is -2.51. The number of piperidine rings is 1. The second-order valence-corrected chi connectivity index (χ2v) is 6.68. The highest BCUT2D eigenvalue weighted by Crippen LogP contribution is 2.23. The fraction of sp³-hybridized carbons (Fsp3) is 0.938. The van der Waals surface area contributed by atoms with Crippen molar-refractivity contribution in [1.29, 1.82) is 0 Å². The van der Waals surface area contributed by atoms with Crippen LogP contribution in [0.1, 0.15) is 47.0 Å². The summed E-state index contributed by atoms with van der Waals surface area (Å²) in [6, 6.07) is 0. The van der Waals surface area contributed by atoms with Gasteiger partial charge in [-0.2, -0.15) is 0 Å². The summed E-state index contributed by atoms with van der Waals surface area (Å²) < 4.78 is 5.29. The molecule has 1 fully saturated rings. The van der Waals surface area contributed by atoms with E-state index in [1.54, 1.807) is 0 Å². The van der Waals surface area contributed by atoms with E-state index in [1.165, 1.54) is 25.9 Å². The molecular formula is C16H35IN4O. The van der Waals surface area contributed by atoms with Crippen LogP contribution in [0.3, 0.4) is 0 Å². The second kappa shape index (κ2) is 11.5. The first-order chi connectivity index (χ1) is 9.95. The van der Waals surface area contributed by atoms with Crippen molar-refractivity contribution in [3.05, 3.63) is 0 Å². The molecule has 6 heteroatoms. The van der Waals surface area contributed by atoms with Gasteiger partial charge in [-0.25, -0.2) is 0 Å². The summed E-state index contributed by atoms with van der Waals surface area (Å²) in [5, 5.41) is 3.16. The molecule has 1 heterocycles. The van der Waals surface area contributed by atoms with Gasteiger partial charge in [-0.3, -0.25) is 9.89 Å². The number of hydrogen-bond donors (Lipinski definition) is 2. The molecule has 1 rings (SSSR count). The third kappa shape index (κ3) is 8.53. The lowest BCUT2D eigenvalue weighted by atomic mass is 9.94. The van der Waals surface area contributed by atoms with E-state index in [4.69, 9.17) is 10.5 Å². The molecule has 1 atom stereocenters. The van der Waals surface area contributed by atoms with E-state index in [0.29, 0.717) is 5.96 Å². The highest BCUT2D eigenvalue weighted by Gasteiger charge is 2.29. The summed E-state index contributed by atoms with van der Waals surface area (Å²) in [6.07, 6.45) is 3.59. The number of nitrogens with zero attached hydrogens (tertiary/aromatic N) is 2. The monoisotopic (exact) mass is 426 g/mol. The predicted octanol–water partition coefficient (Wildman–Crippen LogP) is 2.45. The summed E-state index contributed by atoms with van der Waals surface area (Å²) in [4.78, 5) is 7.06. The Morgan fingerprint density at radius 2 is 2.18 bits per heavy atom. The number of aliphatic imine (C=N–C) groups is 1. The molecule has 22 heavy (non-hydrogen) atoms. The van der Waals surface area contributed by atoms with Crippen LogP contribution in [0.2, 0.25) is 0 Å². The molecule has 3 N–H and O–H groups in total. The third-order valence-corrected chi connectivity index (χ3v) is 4.13. The van der Waals surface area contributed by atoms with Crippen molar-refractivity contribution in [2.75, 3.05) is 39.4 Å². The van der Waals surface area contributed by atoms with Gasteiger partial charge in [0, 0.05) is 31.8 Å². The van der Waals surface area contributed by atoms with Crippen LogP contribution in [0.15, 0.2) is 4.99 Å². The highest BCUT2D eigenvalue weighted by atomic mass is 127. The molecule has 1 unspecified atom stereocenters. The van der Waals surface area contributed by atoms with Gasteiger partial charge in [0.1, 0.15) is 0 Å². The number of nitrogens with one attached hydrogen (secondary N) is 1. The molecule has 0 amide bonds. The topological polar surface area (TPSA) is 62.9 Å². The van der Waals surface area contributed by atoms with Crippen LogP contribution in [0.5, 0.6) is 0 Å². The average Bonchev–Trinajstić information content (AvgIpc) is 2.45. The summed E-state index contributed by atoms with van der Waals surface area (Å²) >= 11 is 0. The highest BCUT2D eigenvalue weighted by molar-refractivity contribution is 14.0. The maximum Gasteiger partial charge on any atom is 0.188 e. The largest absolute Gasteiger partial charge is 0.382 e. The quantitative estimate of drug-likeness (QED) is 0.271. The van der Waals surface area contributed by atoms with E-state index in [9.17, 15) is 0 Å². The first kappa shape index (κ1) is 21.9. The minimum absolute atomic E-state index is 0. The van der Waals surface area contributed by atoms with Crippen molar-refractivity contribution in [2.24, 2.45) is 16.6 Å². The summed E-state index contributed by atoms with van der Waals surface area (Å²) in [5.74, 6) is 1.33. The fourth-order valence-electron chi connectivity index (χ4n) is 2.71. The third-order valence-electron chi connectivity index (χ3n) is 4.13. The minimum atomic E-state index is 0. The van der Waals surface area contributed by atoms with E-state index >= 15 is 0 Å². The Morgan fingerprint density at radius 1 is 1.45 bits per heavy atom. The van der Waals surface area contributed by atoms with Crippen molar-refractivity contribution >= 4 is 29.9 Å². The van der Waals surface area contributed by atoms with Gasteiger partial charge in [-0.05, 0) is 52.5 Å².